The van der Waals surface area contributed by atoms with Crippen molar-refractivity contribution < 1.29 is 5.11 Å². The van der Waals surface area contributed by atoms with Crippen LogP contribution in [0.1, 0.15) is 64.2 Å². The first kappa shape index (κ1) is 18.8. The first-order chi connectivity index (χ1) is 10.2. The molecule has 0 saturated carbocycles. The van der Waals surface area contributed by atoms with Gasteiger partial charge in [0, 0.05) is 20.9 Å². The Bertz CT molecular complexity index is 418. The third-order valence-electron chi connectivity index (χ3n) is 3.63. The molecule has 1 aromatic rings. The Morgan fingerprint density at radius 3 is 1.33 bits per heavy atom. The van der Waals surface area contributed by atoms with Crippen molar-refractivity contribution in [1.29, 1.82) is 0 Å². The Hall–Kier alpha value is -0.280. The van der Waals surface area contributed by atoms with Crippen molar-refractivity contribution in [2.75, 3.05) is 11.5 Å². The Kier molecular flexibility index (Phi) is 8.65. The van der Waals surface area contributed by atoms with E-state index in [0.717, 1.165) is 30.8 Å². The lowest BCUT2D eigenvalue weighted by Gasteiger charge is -2.22. The summed E-state index contributed by atoms with van der Waals surface area (Å²) in [6, 6.07) is 0. The molecule has 0 amide bonds. The molecule has 0 unspecified atom stereocenters. The van der Waals surface area contributed by atoms with Crippen LogP contribution < -0.4 is 0 Å². The van der Waals surface area contributed by atoms with Gasteiger partial charge in [0.05, 0.1) is 0 Å². The highest BCUT2D eigenvalue weighted by atomic mass is 32.2. The molecular weight excluding hydrogens is 296 g/mol. The fraction of sp³-hybridized carbons (Fsp3) is 0.667. The molecule has 1 rings (SSSR count). The van der Waals surface area contributed by atoms with E-state index < -0.39 is 0 Å². The minimum absolute atomic E-state index is 0.564. The molecule has 0 saturated heterocycles. The Labute approximate surface area is 139 Å². The number of phenols is 1. The molecule has 120 valence electrons. The molecule has 3 heteroatoms. The van der Waals surface area contributed by atoms with Crippen molar-refractivity contribution in [1.82, 2.24) is 0 Å². The van der Waals surface area contributed by atoms with Gasteiger partial charge in [-0.2, -0.15) is 0 Å². The summed E-state index contributed by atoms with van der Waals surface area (Å²) < 4.78 is 0. The SMILES string of the molecule is CCCSc1c(CC)c(O)c(CC)c(SCCC)c1CC. The molecule has 0 aliphatic carbocycles. The zero-order chi connectivity index (χ0) is 15.8. The van der Waals surface area contributed by atoms with Gasteiger partial charge in [-0.1, -0.05) is 34.6 Å². The quantitative estimate of drug-likeness (QED) is 0.555. The highest BCUT2D eigenvalue weighted by molar-refractivity contribution is 8.00. The minimum atomic E-state index is 0.564. The van der Waals surface area contributed by atoms with Crippen molar-refractivity contribution in [3.63, 3.8) is 0 Å². The van der Waals surface area contributed by atoms with Crippen molar-refractivity contribution >= 4 is 23.5 Å². The minimum Gasteiger partial charge on any atom is -0.507 e. The monoisotopic (exact) mass is 326 g/mol. The number of benzene rings is 1. The molecule has 0 atom stereocenters. The summed E-state index contributed by atoms with van der Waals surface area (Å²) in [7, 11) is 0. The molecule has 1 N–H and O–H groups in total. The van der Waals surface area contributed by atoms with Gasteiger partial charge in [-0.05, 0) is 49.2 Å². The molecule has 0 fully saturated rings. The van der Waals surface area contributed by atoms with E-state index >= 15 is 0 Å². The van der Waals surface area contributed by atoms with Crippen LogP contribution in [0.25, 0.3) is 0 Å². The predicted octanol–water partition coefficient (Wildman–Crippen LogP) is 6.08. The summed E-state index contributed by atoms with van der Waals surface area (Å²) >= 11 is 3.86. The lowest BCUT2D eigenvalue weighted by molar-refractivity contribution is 0.456. The van der Waals surface area contributed by atoms with E-state index in [4.69, 9.17) is 0 Å². The molecule has 0 bridgehead atoms. The predicted molar refractivity (Wildman–Crippen MR) is 98.3 cm³/mol. The fourth-order valence-electron chi connectivity index (χ4n) is 2.60. The van der Waals surface area contributed by atoms with Crippen LogP contribution in [-0.2, 0) is 19.3 Å². The van der Waals surface area contributed by atoms with E-state index in [0.29, 0.717) is 5.75 Å². The van der Waals surface area contributed by atoms with Gasteiger partial charge >= 0.3 is 0 Å². The molecule has 0 heterocycles. The number of hydrogen-bond donors (Lipinski definition) is 1. The van der Waals surface area contributed by atoms with Crippen LogP contribution in [0.15, 0.2) is 9.79 Å². The van der Waals surface area contributed by atoms with Gasteiger partial charge in [-0.25, -0.2) is 0 Å². The van der Waals surface area contributed by atoms with E-state index in [1.165, 1.54) is 39.3 Å². The van der Waals surface area contributed by atoms with Crippen molar-refractivity contribution in [3.05, 3.63) is 16.7 Å². The molecule has 0 aliphatic rings. The Morgan fingerprint density at radius 1 is 0.667 bits per heavy atom. The molecule has 0 aromatic heterocycles. The highest BCUT2D eigenvalue weighted by Crippen LogP contribution is 2.44. The first-order valence-electron chi connectivity index (χ1n) is 8.31. The number of phenolic OH excluding ortho intramolecular Hbond substituents is 1. The van der Waals surface area contributed by atoms with Crippen LogP contribution in [0.2, 0.25) is 0 Å². The van der Waals surface area contributed by atoms with E-state index in [1.807, 2.05) is 23.5 Å². The van der Waals surface area contributed by atoms with Gasteiger partial charge in [0.25, 0.3) is 0 Å². The summed E-state index contributed by atoms with van der Waals surface area (Å²) in [5.41, 5.74) is 3.81. The maximum Gasteiger partial charge on any atom is 0.124 e. The average Bonchev–Trinajstić information content (AvgIpc) is 2.50. The van der Waals surface area contributed by atoms with E-state index in [9.17, 15) is 5.11 Å². The second kappa shape index (κ2) is 9.68. The maximum absolute atomic E-state index is 10.7. The van der Waals surface area contributed by atoms with E-state index in [2.05, 4.69) is 34.6 Å². The average molecular weight is 327 g/mol. The molecular formula is C18H30OS2. The summed E-state index contributed by atoms with van der Waals surface area (Å²) in [5, 5.41) is 10.7. The van der Waals surface area contributed by atoms with Crippen molar-refractivity contribution in [2.24, 2.45) is 0 Å². The van der Waals surface area contributed by atoms with Gasteiger partial charge < -0.3 is 5.11 Å². The van der Waals surface area contributed by atoms with Crippen LogP contribution in [0.4, 0.5) is 0 Å². The number of aromatic hydroxyl groups is 1. The van der Waals surface area contributed by atoms with Crippen molar-refractivity contribution in [3.8, 4) is 5.75 Å². The zero-order valence-electron chi connectivity index (χ0n) is 14.2. The summed E-state index contributed by atoms with van der Waals surface area (Å²) in [5.74, 6) is 2.82. The van der Waals surface area contributed by atoms with Crippen LogP contribution in [-0.4, -0.2) is 16.6 Å². The first-order valence-corrected chi connectivity index (χ1v) is 10.3. The smallest absolute Gasteiger partial charge is 0.124 e. The van der Waals surface area contributed by atoms with E-state index in [-0.39, 0.29) is 0 Å². The second-order valence-electron chi connectivity index (χ2n) is 5.20. The van der Waals surface area contributed by atoms with Gasteiger partial charge in [0.2, 0.25) is 0 Å². The number of rotatable bonds is 9. The number of hydrogen-bond acceptors (Lipinski definition) is 3. The van der Waals surface area contributed by atoms with Gasteiger partial charge in [0.1, 0.15) is 5.75 Å². The van der Waals surface area contributed by atoms with Gasteiger partial charge in [-0.3, -0.25) is 0 Å². The Balaban J connectivity index is 3.48. The summed E-state index contributed by atoms with van der Waals surface area (Å²) in [6.45, 7) is 11.0. The van der Waals surface area contributed by atoms with Crippen LogP contribution in [0, 0.1) is 0 Å². The topological polar surface area (TPSA) is 20.2 Å². The molecule has 1 nitrogen and oxygen atoms in total. The summed E-state index contributed by atoms with van der Waals surface area (Å²) in [6.07, 6.45) is 5.22. The largest absolute Gasteiger partial charge is 0.507 e. The third-order valence-corrected chi connectivity index (χ3v) is 6.42. The highest BCUT2D eigenvalue weighted by Gasteiger charge is 2.21. The van der Waals surface area contributed by atoms with Gasteiger partial charge in [0.15, 0.2) is 0 Å². The summed E-state index contributed by atoms with van der Waals surface area (Å²) in [4.78, 5) is 2.71. The standard InChI is InChI=1S/C18H30OS2/c1-6-11-20-17-13(8-3)16(19)14(9-4)18(15(17)10-5)21-12-7-2/h19H,6-12H2,1-5H3. The van der Waals surface area contributed by atoms with E-state index in [1.54, 1.807) is 0 Å². The van der Waals surface area contributed by atoms with Crippen LogP contribution >= 0.6 is 23.5 Å². The zero-order valence-corrected chi connectivity index (χ0v) is 15.8. The molecule has 0 spiro atoms. The molecule has 1 aromatic carbocycles. The lowest BCUT2D eigenvalue weighted by atomic mass is 9.98. The lowest BCUT2D eigenvalue weighted by Crippen LogP contribution is -2.03. The van der Waals surface area contributed by atoms with Gasteiger partial charge in [-0.15, -0.1) is 23.5 Å². The van der Waals surface area contributed by atoms with Crippen LogP contribution in [0.3, 0.4) is 0 Å². The Morgan fingerprint density at radius 2 is 1.05 bits per heavy atom. The molecule has 0 radical (unpaired) electrons. The molecule has 21 heavy (non-hydrogen) atoms. The molecule has 0 aliphatic heterocycles. The fourth-order valence-corrected chi connectivity index (χ4v) is 5.15. The normalized spacial score (nSPS) is 11.1. The van der Waals surface area contributed by atoms with Crippen molar-refractivity contribution in [2.45, 2.75) is 76.5 Å². The third kappa shape index (κ3) is 4.35. The number of thioether (sulfide) groups is 2. The maximum atomic E-state index is 10.7. The second-order valence-corrected chi connectivity index (χ2v) is 7.41. The van der Waals surface area contributed by atoms with Crippen LogP contribution in [0.5, 0.6) is 5.75 Å².